The van der Waals surface area contributed by atoms with Crippen molar-refractivity contribution in [2.75, 3.05) is 4.90 Å². The molecular weight excluding hydrogens is 843 g/mol. The fourth-order valence-electron chi connectivity index (χ4n) is 11.5. The molecule has 0 spiro atoms. The van der Waals surface area contributed by atoms with E-state index in [1.165, 1.54) is 82.7 Å². The Morgan fingerprint density at radius 2 is 0.729 bits per heavy atom. The first-order valence-corrected chi connectivity index (χ1v) is 24.3. The molecule has 0 saturated heterocycles. The highest BCUT2D eigenvalue weighted by Gasteiger charge is 2.46. The second kappa shape index (κ2) is 17.2. The van der Waals surface area contributed by atoms with E-state index in [-0.39, 0.29) is 0 Å². The maximum absolute atomic E-state index is 2.49. The molecule has 13 rings (SSSR count). The number of hydrogen-bond acceptors (Lipinski definition) is 1. The molecule has 0 fully saturated rings. The average Bonchev–Trinajstić information content (AvgIpc) is 3.74. The maximum Gasteiger partial charge on any atom is 0.0714 e. The van der Waals surface area contributed by atoms with Crippen molar-refractivity contribution >= 4 is 38.6 Å². The van der Waals surface area contributed by atoms with Crippen LogP contribution in [-0.2, 0) is 5.41 Å². The minimum Gasteiger partial charge on any atom is -0.310 e. The predicted molar refractivity (Wildman–Crippen MR) is 295 cm³/mol. The van der Waals surface area contributed by atoms with Gasteiger partial charge in [0.1, 0.15) is 0 Å². The summed E-state index contributed by atoms with van der Waals surface area (Å²) >= 11 is 0. The predicted octanol–water partition coefficient (Wildman–Crippen LogP) is 18.5. The van der Waals surface area contributed by atoms with Gasteiger partial charge in [-0.2, -0.15) is 0 Å². The van der Waals surface area contributed by atoms with Crippen LogP contribution in [0.1, 0.15) is 22.3 Å². The molecule has 328 valence electrons. The largest absolute Gasteiger partial charge is 0.310 e. The highest BCUT2D eigenvalue weighted by molar-refractivity contribution is 6.22. The van der Waals surface area contributed by atoms with E-state index in [0.29, 0.717) is 0 Å². The quantitative estimate of drug-likeness (QED) is 0.131. The Hall–Kier alpha value is -9.04. The zero-order valence-electron chi connectivity index (χ0n) is 38.6. The van der Waals surface area contributed by atoms with E-state index in [4.69, 9.17) is 0 Å². The van der Waals surface area contributed by atoms with Gasteiger partial charge >= 0.3 is 0 Å². The highest BCUT2D eigenvalue weighted by atomic mass is 15.1. The van der Waals surface area contributed by atoms with Gasteiger partial charge in [0.25, 0.3) is 0 Å². The molecule has 12 aromatic carbocycles. The number of hydrogen-bond donors (Lipinski definition) is 0. The van der Waals surface area contributed by atoms with Crippen LogP contribution >= 0.6 is 0 Å². The lowest BCUT2D eigenvalue weighted by molar-refractivity contribution is 0.768. The fraction of sp³-hybridized carbons (Fsp3) is 0.0145. The van der Waals surface area contributed by atoms with Gasteiger partial charge in [-0.1, -0.05) is 249 Å². The Morgan fingerprint density at radius 1 is 0.243 bits per heavy atom. The van der Waals surface area contributed by atoms with Crippen molar-refractivity contribution < 1.29 is 0 Å². The summed E-state index contributed by atoms with van der Waals surface area (Å²) < 4.78 is 0. The van der Waals surface area contributed by atoms with Gasteiger partial charge in [-0.05, 0) is 130 Å². The van der Waals surface area contributed by atoms with Crippen LogP contribution in [0.2, 0.25) is 0 Å². The molecule has 1 nitrogen and oxygen atoms in total. The van der Waals surface area contributed by atoms with Gasteiger partial charge in [-0.3, -0.25) is 0 Å². The van der Waals surface area contributed by atoms with Crippen LogP contribution in [-0.4, -0.2) is 0 Å². The Kier molecular flexibility index (Phi) is 10.1. The smallest absolute Gasteiger partial charge is 0.0714 e. The molecule has 0 heterocycles. The second-order valence-corrected chi connectivity index (χ2v) is 18.3. The third-order valence-corrected chi connectivity index (χ3v) is 14.5. The minimum atomic E-state index is -0.549. The SMILES string of the molecule is c1ccc(-c2cccc(N(c3ccc4c(c3)C(c3ccccc3)(c3ccccc3)c3ccccc3-4)c3ccccc3-c3ccc4c(c3)c(-c3ccccc3)c(-c3ccccc3)c3ccccc34)c2)cc1. The van der Waals surface area contributed by atoms with Crippen LogP contribution in [0.25, 0.3) is 77.2 Å². The number of fused-ring (bicyclic) bond motifs is 6. The molecule has 1 aliphatic rings. The number of nitrogens with zero attached hydrogens (tertiary/aromatic N) is 1. The van der Waals surface area contributed by atoms with Gasteiger partial charge in [0.15, 0.2) is 0 Å². The molecule has 0 aliphatic heterocycles. The highest BCUT2D eigenvalue weighted by Crippen LogP contribution is 2.58. The van der Waals surface area contributed by atoms with Gasteiger partial charge in [0.05, 0.1) is 11.1 Å². The Bertz CT molecular complexity index is 3820. The summed E-state index contributed by atoms with van der Waals surface area (Å²) in [5, 5.41) is 4.95. The lowest BCUT2D eigenvalue weighted by Crippen LogP contribution is -2.28. The summed E-state index contributed by atoms with van der Waals surface area (Å²) in [6.07, 6.45) is 0. The van der Waals surface area contributed by atoms with Crippen molar-refractivity contribution in [3.63, 3.8) is 0 Å². The molecule has 0 N–H and O–H groups in total. The van der Waals surface area contributed by atoms with Gasteiger partial charge in [-0.25, -0.2) is 0 Å². The van der Waals surface area contributed by atoms with Gasteiger partial charge in [-0.15, -0.1) is 0 Å². The molecule has 1 aliphatic carbocycles. The molecule has 12 aromatic rings. The van der Waals surface area contributed by atoms with Crippen LogP contribution in [0.3, 0.4) is 0 Å². The zero-order chi connectivity index (χ0) is 46.4. The number of para-hydroxylation sites is 1. The maximum atomic E-state index is 2.49. The molecule has 1 heteroatoms. The van der Waals surface area contributed by atoms with E-state index in [0.717, 1.165) is 33.8 Å². The molecule has 0 unspecified atom stereocenters. The summed E-state index contributed by atoms with van der Waals surface area (Å²) in [7, 11) is 0. The molecule has 0 bridgehead atoms. The third-order valence-electron chi connectivity index (χ3n) is 14.5. The van der Waals surface area contributed by atoms with Gasteiger partial charge < -0.3 is 4.90 Å². The monoisotopic (exact) mass is 889 g/mol. The Labute approximate surface area is 409 Å². The van der Waals surface area contributed by atoms with Crippen molar-refractivity contribution in [1.29, 1.82) is 0 Å². The lowest BCUT2D eigenvalue weighted by atomic mass is 9.67. The van der Waals surface area contributed by atoms with E-state index < -0.39 is 5.41 Å². The summed E-state index contributed by atoms with van der Waals surface area (Å²) in [4.78, 5) is 2.49. The minimum absolute atomic E-state index is 0.549. The molecular formula is C69H47N. The fourth-order valence-corrected chi connectivity index (χ4v) is 11.5. The first-order valence-electron chi connectivity index (χ1n) is 24.3. The summed E-state index contributed by atoms with van der Waals surface area (Å²) in [6.45, 7) is 0. The molecule has 0 saturated carbocycles. The Morgan fingerprint density at radius 3 is 1.40 bits per heavy atom. The average molecular weight is 890 g/mol. The first kappa shape index (κ1) is 41.2. The van der Waals surface area contributed by atoms with Crippen molar-refractivity contribution in [3.05, 3.63) is 307 Å². The van der Waals surface area contributed by atoms with E-state index in [1.807, 2.05) is 0 Å². The second-order valence-electron chi connectivity index (χ2n) is 18.3. The lowest BCUT2D eigenvalue weighted by Gasteiger charge is -2.35. The first-order chi connectivity index (χ1) is 34.8. The van der Waals surface area contributed by atoms with Crippen LogP contribution in [0.4, 0.5) is 17.1 Å². The molecule has 0 atom stereocenters. The summed E-state index contributed by atoms with van der Waals surface area (Å²) in [5.74, 6) is 0. The van der Waals surface area contributed by atoms with Gasteiger partial charge in [0, 0.05) is 16.9 Å². The number of anilines is 3. The Balaban J connectivity index is 1.08. The van der Waals surface area contributed by atoms with Crippen LogP contribution in [0.15, 0.2) is 285 Å². The normalized spacial score (nSPS) is 12.4. The van der Waals surface area contributed by atoms with Crippen molar-refractivity contribution in [3.8, 4) is 55.6 Å². The number of rotatable bonds is 9. The summed E-state index contributed by atoms with van der Waals surface area (Å²) in [6, 6.07) is 105. The van der Waals surface area contributed by atoms with Crippen LogP contribution in [0, 0.1) is 0 Å². The van der Waals surface area contributed by atoms with Crippen molar-refractivity contribution in [2.24, 2.45) is 0 Å². The van der Waals surface area contributed by atoms with E-state index in [2.05, 4.69) is 290 Å². The topological polar surface area (TPSA) is 3.24 Å². The standard InChI is InChI=1S/C69H47N/c1-6-23-48(24-7-1)51-29-22-34-55(45-51)70(56-42-44-61-60-37-18-20-39-64(60)69(65(61)47-56,53-30-12-4-13-31-53)54-32-14-5-15-33-54)66-40-21-19-35-57(66)52-41-43-59-58-36-16-17-38-62(58)67(49-25-8-2-9-26-49)68(63(59)46-52)50-27-10-3-11-28-50/h1-47H. The van der Waals surface area contributed by atoms with E-state index in [9.17, 15) is 0 Å². The van der Waals surface area contributed by atoms with Crippen molar-refractivity contribution in [2.45, 2.75) is 5.41 Å². The summed E-state index contributed by atoms with van der Waals surface area (Å²) in [5.41, 5.74) is 19.8. The van der Waals surface area contributed by atoms with E-state index in [1.54, 1.807) is 0 Å². The molecule has 70 heavy (non-hydrogen) atoms. The number of benzene rings is 12. The van der Waals surface area contributed by atoms with Crippen LogP contribution in [0.5, 0.6) is 0 Å². The zero-order valence-corrected chi connectivity index (χ0v) is 38.6. The molecule has 0 amide bonds. The van der Waals surface area contributed by atoms with Crippen LogP contribution < -0.4 is 4.90 Å². The third kappa shape index (κ3) is 6.70. The molecule has 0 aromatic heterocycles. The van der Waals surface area contributed by atoms with Gasteiger partial charge in [0.2, 0.25) is 0 Å². The molecule has 0 radical (unpaired) electrons. The van der Waals surface area contributed by atoms with E-state index >= 15 is 0 Å². The van der Waals surface area contributed by atoms with Crippen molar-refractivity contribution in [1.82, 2.24) is 0 Å².